The van der Waals surface area contributed by atoms with Crippen molar-refractivity contribution in [2.45, 2.75) is 25.8 Å². The first-order valence-corrected chi connectivity index (χ1v) is 6.30. The average molecular weight is 288 g/mol. The van der Waals surface area contributed by atoms with E-state index in [-0.39, 0.29) is 6.61 Å². The molecule has 0 amide bonds. The SMILES string of the molecule is NCc1cccc(Br)c1OCCCCCO. The van der Waals surface area contributed by atoms with E-state index in [2.05, 4.69) is 15.9 Å². The second kappa shape index (κ2) is 7.65. The Balaban J connectivity index is 2.46. The monoisotopic (exact) mass is 287 g/mol. The third kappa shape index (κ3) is 4.12. The molecule has 0 aliphatic carbocycles. The first kappa shape index (κ1) is 13.5. The largest absolute Gasteiger partial charge is 0.492 e. The first-order valence-electron chi connectivity index (χ1n) is 5.50. The predicted octanol–water partition coefficient (Wildman–Crippen LogP) is 2.45. The summed E-state index contributed by atoms with van der Waals surface area (Å²) in [6.45, 7) is 1.39. The minimum Gasteiger partial charge on any atom is -0.492 e. The van der Waals surface area contributed by atoms with Crippen molar-refractivity contribution in [3.8, 4) is 5.75 Å². The summed E-state index contributed by atoms with van der Waals surface area (Å²) in [6.07, 6.45) is 2.77. The van der Waals surface area contributed by atoms with Crippen molar-refractivity contribution in [1.82, 2.24) is 0 Å². The summed E-state index contributed by atoms with van der Waals surface area (Å²) in [5.41, 5.74) is 6.65. The second-order valence-corrected chi connectivity index (χ2v) is 4.42. The van der Waals surface area contributed by atoms with Crippen molar-refractivity contribution >= 4 is 15.9 Å². The number of ether oxygens (including phenoxy) is 1. The molecule has 0 saturated heterocycles. The number of nitrogens with two attached hydrogens (primary N) is 1. The Kier molecular flexibility index (Phi) is 6.45. The molecule has 0 radical (unpaired) electrons. The Bertz CT molecular complexity index is 318. The number of hydrogen-bond acceptors (Lipinski definition) is 3. The van der Waals surface area contributed by atoms with E-state index >= 15 is 0 Å². The lowest BCUT2D eigenvalue weighted by molar-refractivity contribution is 0.264. The summed E-state index contributed by atoms with van der Waals surface area (Å²) >= 11 is 3.45. The summed E-state index contributed by atoms with van der Waals surface area (Å²) in [6, 6.07) is 5.86. The first-order chi connectivity index (χ1) is 7.79. The Hall–Kier alpha value is -0.580. The lowest BCUT2D eigenvalue weighted by Crippen LogP contribution is -2.04. The zero-order chi connectivity index (χ0) is 11.8. The van der Waals surface area contributed by atoms with Crippen molar-refractivity contribution in [3.63, 3.8) is 0 Å². The third-order valence-corrected chi connectivity index (χ3v) is 2.94. The molecule has 0 bridgehead atoms. The molecule has 0 spiro atoms. The summed E-state index contributed by atoms with van der Waals surface area (Å²) < 4.78 is 6.64. The van der Waals surface area contributed by atoms with Gasteiger partial charge in [-0.1, -0.05) is 12.1 Å². The van der Waals surface area contributed by atoms with Gasteiger partial charge >= 0.3 is 0 Å². The molecular weight excluding hydrogens is 270 g/mol. The van der Waals surface area contributed by atoms with Gasteiger partial charge < -0.3 is 15.6 Å². The van der Waals surface area contributed by atoms with Gasteiger partial charge in [-0.2, -0.15) is 0 Å². The fourth-order valence-electron chi connectivity index (χ4n) is 1.44. The molecule has 0 aliphatic heterocycles. The number of aliphatic hydroxyl groups is 1. The number of unbranched alkanes of at least 4 members (excludes halogenated alkanes) is 2. The van der Waals surface area contributed by atoms with Crippen LogP contribution in [0, 0.1) is 0 Å². The van der Waals surface area contributed by atoms with E-state index in [0.717, 1.165) is 35.0 Å². The lowest BCUT2D eigenvalue weighted by atomic mass is 10.2. The van der Waals surface area contributed by atoms with E-state index in [1.54, 1.807) is 0 Å². The maximum absolute atomic E-state index is 8.64. The second-order valence-electron chi connectivity index (χ2n) is 3.56. The topological polar surface area (TPSA) is 55.5 Å². The van der Waals surface area contributed by atoms with Gasteiger partial charge in [-0.3, -0.25) is 0 Å². The molecule has 0 fully saturated rings. The van der Waals surface area contributed by atoms with Crippen molar-refractivity contribution in [2.75, 3.05) is 13.2 Å². The van der Waals surface area contributed by atoms with Crippen molar-refractivity contribution in [3.05, 3.63) is 28.2 Å². The Morgan fingerprint density at radius 1 is 1.25 bits per heavy atom. The van der Waals surface area contributed by atoms with Crippen LogP contribution in [-0.2, 0) is 6.54 Å². The number of rotatable bonds is 7. The molecule has 0 aromatic heterocycles. The Morgan fingerprint density at radius 2 is 2.06 bits per heavy atom. The van der Waals surface area contributed by atoms with Crippen molar-refractivity contribution in [1.29, 1.82) is 0 Å². The van der Waals surface area contributed by atoms with Crippen LogP contribution in [-0.4, -0.2) is 18.3 Å². The van der Waals surface area contributed by atoms with Gasteiger partial charge in [0.05, 0.1) is 11.1 Å². The molecule has 0 saturated carbocycles. The van der Waals surface area contributed by atoms with Crippen LogP contribution in [0.3, 0.4) is 0 Å². The van der Waals surface area contributed by atoms with Crippen LogP contribution >= 0.6 is 15.9 Å². The van der Waals surface area contributed by atoms with Crippen molar-refractivity contribution in [2.24, 2.45) is 5.73 Å². The van der Waals surface area contributed by atoms with Crippen LogP contribution < -0.4 is 10.5 Å². The molecule has 3 nitrogen and oxygen atoms in total. The Morgan fingerprint density at radius 3 is 2.75 bits per heavy atom. The van der Waals surface area contributed by atoms with Gasteiger partial charge in [0.1, 0.15) is 5.75 Å². The number of benzene rings is 1. The van der Waals surface area contributed by atoms with Crippen LogP contribution in [0.1, 0.15) is 24.8 Å². The van der Waals surface area contributed by atoms with E-state index in [9.17, 15) is 0 Å². The fraction of sp³-hybridized carbons (Fsp3) is 0.500. The minimum absolute atomic E-state index is 0.253. The van der Waals surface area contributed by atoms with Crippen LogP contribution in [0.5, 0.6) is 5.75 Å². The van der Waals surface area contributed by atoms with E-state index in [1.165, 1.54) is 0 Å². The number of hydrogen-bond donors (Lipinski definition) is 2. The Labute approximate surface area is 105 Å². The molecule has 16 heavy (non-hydrogen) atoms. The smallest absolute Gasteiger partial charge is 0.137 e. The van der Waals surface area contributed by atoms with Crippen LogP contribution in [0.25, 0.3) is 0 Å². The number of halogens is 1. The number of para-hydroxylation sites is 1. The third-order valence-electron chi connectivity index (χ3n) is 2.32. The van der Waals surface area contributed by atoms with Gasteiger partial charge in [0, 0.05) is 18.7 Å². The van der Waals surface area contributed by atoms with E-state index in [0.29, 0.717) is 13.2 Å². The predicted molar refractivity (Wildman–Crippen MR) is 68.5 cm³/mol. The zero-order valence-electron chi connectivity index (χ0n) is 9.29. The van der Waals surface area contributed by atoms with E-state index < -0.39 is 0 Å². The van der Waals surface area contributed by atoms with Gasteiger partial charge in [0.25, 0.3) is 0 Å². The number of aliphatic hydroxyl groups excluding tert-OH is 1. The lowest BCUT2D eigenvalue weighted by Gasteiger charge is -2.11. The highest BCUT2D eigenvalue weighted by Crippen LogP contribution is 2.28. The van der Waals surface area contributed by atoms with Gasteiger partial charge in [-0.25, -0.2) is 0 Å². The average Bonchev–Trinajstić information content (AvgIpc) is 2.30. The maximum Gasteiger partial charge on any atom is 0.137 e. The molecule has 0 aliphatic rings. The molecule has 90 valence electrons. The molecule has 0 atom stereocenters. The van der Waals surface area contributed by atoms with Crippen LogP contribution in [0.2, 0.25) is 0 Å². The highest BCUT2D eigenvalue weighted by atomic mass is 79.9. The quantitative estimate of drug-likeness (QED) is 0.758. The summed E-state index contributed by atoms with van der Waals surface area (Å²) in [5.74, 6) is 0.842. The fourth-order valence-corrected chi connectivity index (χ4v) is 1.96. The van der Waals surface area contributed by atoms with Gasteiger partial charge in [-0.05, 0) is 41.3 Å². The molecule has 1 aromatic rings. The maximum atomic E-state index is 8.64. The van der Waals surface area contributed by atoms with E-state index in [4.69, 9.17) is 15.6 Å². The summed E-state index contributed by atoms with van der Waals surface area (Å²) in [7, 11) is 0. The van der Waals surface area contributed by atoms with Gasteiger partial charge in [0.2, 0.25) is 0 Å². The molecule has 4 heteroatoms. The van der Waals surface area contributed by atoms with Crippen LogP contribution in [0.4, 0.5) is 0 Å². The molecule has 1 aromatic carbocycles. The van der Waals surface area contributed by atoms with E-state index in [1.807, 2.05) is 18.2 Å². The summed E-state index contributed by atoms with van der Waals surface area (Å²) in [4.78, 5) is 0. The standard InChI is InChI=1S/C12H18BrNO2/c13-11-6-4-5-10(9-14)12(11)16-8-3-1-2-7-15/h4-6,15H,1-3,7-9,14H2. The molecule has 0 unspecified atom stereocenters. The molecule has 3 N–H and O–H groups in total. The molecular formula is C12H18BrNO2. The summed E-state index contributed by atoms with van der Waals surface area (Å²) in [5, 5.41) is 8.64. The molecule has 0 heterocycles. The van der Waals surface area contributed by atoms with Gasteiger partial charge in [-0.15, -0.1) is 0 Å². The van der Waals surface area contributed by atoms with Crippen LogP contribution in [0.15, 0.2) is 22.7 Å². The van der Waals surface area contributed by atoms with Crippen molar-refractivity contribution < 1.29 is 9.84 Å². The van der Waals surface area contributed by atoms with Gasteiger partial charge in [0.15, 0.2) is 0 Å². The zero-order valence-corrected chi connectivity index (χ0v) is 10.9. The minimum atomic E-state index is 0.253. The molecule has 1 rings (SSSR count). The highest BCUT2D eigenvalue weighted by molar-refractivity contribution is 9.10. The normalized spacial score (nSPS) is 10.4. The highest BCUT2D eigenvalue weighted by Gasteiger charge is 2.06.